The lowest BCUT2D eigenvalue weighted by molar-refractivity contribution is -0.113. The summed E-state index contributed by atoms with van der Waals surface area (Å²) < 4.78 is 17.9. The molecule has 1 unspecified atom stereocenters. The zero-order chi connectivity index (χ0) is 27.2. The van der Waals surface area contributed by atoms with Gasteiger partial charge in [0.05, 0.1) is 20.0 Å². The molecule has 4 aromatic rings. The maximum Gasteiger partial charge on any atom is 0.341 e. The van der Waals surface area contributed by atoms with Gasteiger partial charge in [0.1, 0.15) is 22.1 Å². The summed E-state index contributed by atoms with van der Waals surface area (Å²) in [5.74, 6) is 1.15. The molecule has 0 spiro atoms. The van der Waals surface area contributed by atoms with Crippen LogP contribution in [0.3, 0.4) is 0 Å². The zero-order valence-corrected chi connectivity index (χ0v) is 23.4. The van der Waals surface area contributed by atoms with Gasteiger partial charge in [-0.3, -0.25) is 4.79 Å². The molecule has 198 valence electrons. The number of anilines is 1. The minimum absolute atomic E-state index is 0.0614. The first-order chi connectivity index (χ1) is 18.3. The Kier molecular flexibility index (Phi) is 8.93. The Morgan fingerprint density at radius 1 is 1.13 bits per heavy atom. The number of methoxy groups -OCH3 is 2. The Balaban J connectivity index is 1.43. The molecule has 0 radical (unpaired) electrons. The van der Waals surface area contributed by atoms with Crippen LogP contribution >= 0.6 is 34.7 Å². The van der Waals surface area contributed by atoms with Gasteiger partial charge in [-0.1, -0.05) is 41.6 Å². The van der Waals surface area contributed by atoms with Crippen molar-refractivity contribution in [2.45, 2.75) is 18.2 Å². The van der Waals surface area contributed by atoms with Crippen LogP contribution in [0.1, 0.15) is 29.2 Å². The lowest BCUT2D eigenvalue weighted by Crippen LogP contribution is -2.16. The summed E-state index contributed by atoms with van der Waals surface area (Å²) in [4.78, 5) is 25.4. The molecule has 1 amide bonds. The fourth-order valence-electron chi connectivity index (χ4n) is 3.63. The van der Waals surface area contributed by atoms with Crippen LogP contribution in [0.15, 0.2) is 59.1 Å². The van der Waals surface area contributed by atoms with Crippen molar-refractivity contribution in [3.63, 3.8) is 0 Å². The Morgan fingerprint density at radius 3 is 2.58 bits per heavy atom. The van der Waals surface area contributed by atoms with E-state index in [1.807, 2.05) is 37.6 Å². The molecular weight excluding hydrogens is 548 g/mol. The molecule has 1 N–H and O–H groups in total. The first kappa shape index (κ1) is 27.5. The van der Waals surface area contributed by atoms with E-state index in [-0.39, 0.29) is 17.8 Å². The van der Waals surface area contributed by atoms with E-state index in [1.54, 1.807) is 42.0 Å². The third-order valence-electron chi connectivity index (χ3n) is 5.51. The number of carbonyl (C=O) groups is 2. The van der Waals surface area contributed by atoms with Crippen LogP contribution < -0.4 is 14.8 Å². The van der Waals surface area contributed by atoms with Crippen LogP contribution in [-0.2, 0) is 16.6 Å². The third-order valence-corrected chi connectivity index (χ3v) is 7.66. The van der Waals surface area contributed by atoms with Crippen molar-refractivity contribution in [3.8, 4) is 22.6 Å². The highest BCUT2D eigenvalue weighted by Gasteiger charge is 2.23. The first-order valence-corrected chi connectivity index (χ1v) is 13.6. The Hall–Kier alpha value is -3.54. The maximum atomic E-state index is 12.8. The van der Waals surface area contributed by atoms with Crippen molar-refractivity contribution < 1.29 is 23.8 Å². The quantitative estimate of drug-likeness (QED) is 0.186. The molecule has 2 aromatic carbocycles. The smallest absolute Gasteiger partial charge is 0.341 e. The van der Waals surface area contributed by atoms with Gasteiger partial charge in [0.15, 0.2) is 17.1 Å². The molecule has 38 heavy (non-hydrogen) atoms. The molecule has 4 rings (SSSR count). The van der Waals surface area contributed by atoms with E-state index in [0.717, 1.165) is 5.56 Å². The van der Waals surface area contributed by atoms with E-state index in [0.29, 0.717) is 43.6 Å². The van der Waals surface area contributed by atoms with E-state index in [1.165, 1.54) is 30.2 Å². The summed E-state index contributed by atoms with van der Waals surface area (Å²) >= 11 is 8.51. The van der Waals surface area contributed by atoms with E-state index in [2.05, 4.69) is 15.5 Å². The topological polar surface area (TPSA) is 105 Å². The van der Waals surface area contributed by atoms with Crippen molar-refractivity contribution in [3.05, 3.63) is 70.3 Å². The molecule has 0 aliphatic carbocycles. The molecule has 0 aliphatic rings. The lowest BCUT2D eigenvalue weighted by Gasteiger charge is -2.14. The fourth-order valence-corrected chi connectivity index (χ4v) is 5.51. The van der Waals surface area contributed by atoms with Gasteiger partial charge in [-0.2, -0.15) is 0 Å². The summed E-state index contributed by atoms with van der Waals surface area (Å²) in [6.45, 7) is 1.86. The minimum atomic E-state index is -0.536. The van der Waals surface area contributed by atoms with Crippen molar-refractivity contribution in [1.29, 1.82) is 0 Å². The highest BCUT2D eigenvalue weighted by molar-refractivity contribution is 7.99. The van der Waals surface area contributed by atoms with Crippen LogP contribution in [-0.4, -0.2) is 46.6 Å². The Morgan fingerprint density at radius 2 is 1.89 bits per heavy atom. The monoisotopic (exact) mass is 572 g/mol. The van der Waals surface area contributed by atoms with E-state index in [9.17, 15) is 9.59 Å². The summed E-state index contributed by atoms with van der Waals surface area (Å²) in [6.07, 6.45) is -0.390. The van der Waals surface area contributed by atoms with Crippen molar-refractivity contribution in [1.82, 2.24) is 14.8 Å². The number of amides is 1. The van der Waals surface area contributed by atoms with Gasteiger partial charge >= 0.3 is 5.97 Å². The fraction of sp³-hybridized carbons (Fsp3) is 0.231. The predicted molar refractivity (Wildman–Crippen MR) is 148 cm³/mol. The van der Waals surface area contributed by atoms with E-state index < -0.39 is 5.97 Å². The first-order valence-electron chi connectivity index (χ1n) is 11.4. The van der Waals surface area contributed by atoms with Crippen molar-refractivity contribution in [2.75, 3.05) is 25.3 Å². The molecule has 0 bridgehead atoms. The summed E-state index contributed by atoms with van der Waals surface area (Å²) in [5, 5.41) is 14.6. The predicted octanol–water partition coefficient (Wildman–Crippen LogP) is 5.86. The van der Waals surface area contributed by atoms with Gasteiger partial charge in [0.25, 0.3) is 0 Å². The van der Waals surface area contributed by atoms with Gasteiger partial charge in [-0.25, -0.2) is 4.79 Å². The van der Waals surface area contributed by atoms with Crippen LogP contribution in [0.5, 0.6) is 11.5 Å². The van der Waals surface area contributed by atoms with Gasteiger partial charge in [0, 0.05) is 23.0 Å². The van der Waals surface area contributed by atoms with Crippen LogP contribution in [0.4, 0.5) is 5.00 Å². The number of halogens is 1. The standard InChI is InChI=1S/C26H25ClN4O5S2/c1-15(36-19-7-5-6-17(27)12-19)23-29-30-26(31(23)2)38-14-21(32)28-24-22(25(33)35-4)20(13-37-24)16-8-10-18(34-3)11-9-16/h5-13,15H,14H2,1-4H3,(H,28,32). The zero-order valence-electron chi connectivity index (χ0n) is 21.1. The van der Waals surface area contributed by atoms with Gasteiger partial charge < -0.3 is 24.1 Å². The van der Waals surface area contributed by atoms with Gasteiger partial charge in [-0.05, 0) is 42.8 Å². The molecule has 1 atom stereocenters. The molecule has 2 aromatic heterocycles. The summed E-state index contributed by atoms with van der Waals surface area (Å²) in [5.41, 5.74) is 1.77. The van der Waals surface area contributed by atoms with Gasteiger partial charge in [-0.15, -0.1) is 21.5 Å². The minimum Gasteiger partial charge on any atom is -0.497 e. The van der Waals surface area contributed by atoms with E-state index >= 15 is 0 Å². The molecule has 0 saturated carbocycles. The van der Waals surface area contributed by atoms with Gasteiger partial charge in [0.2, 0.25) is 5.91 Å². The molecular formula is C26H25ClN4O5S2. The molecule has 0 saturated heterocycles. The van der Waals surface area contributed by atoms with Crippen LogP contribution in [0.2, 0.25) is 5.02 Å². The molecule has 9 nitrogen and oxygen atoms in total. The number of hydrogen-bond donors (Lipinski definition) is 1. The molecule has 0 fully saturated rings. The SMILES string of the molecule is COC(=O)c1c(-c2ccc(OC)cc2)csc1NC(=O)CSc1nnc(C(C)Oc2cccc(Cl)c2)n1C. The van der Waals surface area contributed by atoms with E-state index in [4.69, 9.17) is 25.8 Å². The van der Waals surface area contributed by atoms with Crippen molar-refractivity contribution >= 4 is 51.6 Å². The number of nitrogens with zero attached hydrogens (tertiary/aromatic N) is 3. The number of ether oxygens (including phenoxy) is 3. The Bertz CT molecular complexity index is 1440. The second kappa shape index (κ2) is 12.3. The number of carbonyl (C=O) groups excluding carboxylic acids is 2. The van der Waals surface area contributed by atoms with Crippen LogP contribution in [0, 0.1) is 0 Å². The summed E-state index contributed by atoms with van der Waals surface area (Å²) in [6, 6.07) is 14.4. The highest BCUT2D eigenvalue weighted by Crippen LogP contribution is 2.37. The second-order valence-electron chi connectivity index (χ2n) is 8.03. The Labute approximate surface area is 233 Å². The lowest BCUT2D eigenvalue weighted by atomic mass is 10.0. The molecule has 12 heteroatoms. The van der Waals surface area contributed by atoms with Crippen LogP contribution in [0.25, 0.3) is 11.1 Å². The molecule has 0 aliphatic heterocycles. The number of benzene rings is 2. The highest BCUT2D eigenvalue weighted by atomic mass is 35.5. The number of rotatable bonds is 10. The number of thioether (sulfide) groups is 1. The largest absolute Gasteiger partial charge is 0.497 e. The number of thiophene rings is 1. The number of hydrogen-bond acceptors (Lipinski definition) is 9. The number of nitrogens with one attached hydrogen (secondary N) is 1. The average Bonchev–Trinajstić information content (AvgIpc) is 3.50. The number of esters is 1. The third kappa shape index (κ3) is 6.29. The number of aromatic nitrogens is 3. The van der Waals surface area contributed by atoms with Crippen molar-refractivity contribution in [2.24, 2.45) is 7.05 Å². The average molecular weight is 573 g/mol. The summed E-state index contributed by atoms with van der Waals surface area (Å²) in [7, 11) is 4.70. The second-order valence-corrected chi connectivity index (χ2v) is 10.3. The maximum absolute atomic E-state index is 12.8. The normalized spacial score (nSPS) is 11.6. The molecule has 2 heterocycles.